The molecule has 1 fully saturated rings. The zero-order valence-electron chi connectivity index (χ0n) is 10.4. The maximum atomic E-state index is 13.8. The van der Waals surface area contributed by atoms with Crippen LogP contribution in [-0.4, -0.2) is 33.5 Å². The number of hydrogen-bond donors (Lipinski definition) is 2. The van der Waals surface area contributed by atoms with Crippen LogP contribution in [0.2, 0.25) is 0 Å². The van der Waals surface area contributed by atoms with Crippen LogP contribution in [0.4, 0.5) is 14.6 Å². The normalized spacial score (nSPS) is 27.9. The molecule has 3 N–H and O–H groups in total. The lowest BCUT2D eigenvalue weighted by Gasteiger charge is -2.15. The first-order valence-corrected chi connectivity index (χ1v) is 5.75. The highest BCUT2D eigenvalue weighted by molar-refractivity contribution is 5.58. The Bertz CT molecular complexity index is 614. The number of anilines is 1. The second-order valence-electron chi connectivity index (χ2n) is 4.20. The summed E-state index contributed by atoms with van der Waals surface area (Å²) in [5.41, 5.74) is 4.62. The number of nitrogen functional groups attached to an aromatic ring is 1. The summed E-state index contributed by atoms with van der Waals surface area (Å²) in [6, 6.07) is 0. The second kappa shape index (κ2) is 5.51. The number of halogens is 2. The Kier molecular flexibility index (Phi) is 3.96. The summed E-state index contributed by atoms with van der Waals surface area (Å²) in [5.74, 6) is -0.0412. The van der Waals surface area contributed by atoms with Crippen molar-refractivity contribution in [2.75, 3.05) is 12.3 Å². The number of aliphatic hydroxyl groups excluding tert-OH is 1. The molecule has 1 aromatic rings. The number of aliphatic hydroxyl groups is 1. The molecule has 20 heavy (non-hydrogen) atoms. The van der Waals surface area contributed by atoms with Crippen LogP contribution in [0.5, 0.6) is 0 Å². The molecule has 108 valence electrons. The molecule has 0 saturated carbocycles. The average Bonchev–Trinajstić information content (AvgIpc) is 2.75. The van der Waals surface area contributed by atoms with E-state index in [1.165, 1.54) is 12.3 Å². The first-order valence-electron chi connectivity index (χ1n) is 5.75. The molecule has 1 aromatic heterocycles. The predicted molar refractivity (Wildman–Crippen MR) is 68.1 cm³/mol. The number of ether oxygens (including phenoxy) is 1. The smallest absolute Gasteiger partial charge is 0.351 e. The molecule has 0 amide bonds. The molecular weight excluding hydrogens is 272 g/mol. The molecule has 0 spiro atoms. The molecule has 2 heterocycles. The Morgan fingerprint density at radius 1 is 1.65 bits per heavy atom. The SMILES string of the molecule is C=Cc1cn(C2OC(CO)C(F)/C2=C\F)c(=O)nc1N. The van der Waals surface area contributed by atoms with Gasteiger partial charge in [0.1, 0.15) is 11.9 Å². The van der Waals surface area contributed by atoms with Crippen LogP contribution < -0.4 is 11.4 Å². The monoisotopic (exact) mass is 285 g/mol. The second-order valence-corrected chi connectivity index (χ2v) is 4.20. The fraction of sp³-hybridized carbons (Fsp3) is 0.333. The lowest BCUT2D eigenvalue weighted by Crippen LogP contribution is -2.29. The molecule has 1 aliphatic rings. The zero-order valence-corrected chi connectivity index (χ0v) is 10.4. The number of alkyl halides is 1. The summed E-state index contributed by atoms with van der Waals surface area (Å²) in [6.07, 6.45) is -1.76. The van der Waals surface area contributed by atoms with Crippen molar-refractivity contribution in [2.24, 2.45) is 0 Å². The van der Waals surface area contributed by atoms with Gasteiger partial charge in [-0.25, -0.2) is 13.6 Å². The number of hydrogen-bond acceptors (Lipinski definition) is 5. The van der Waals surface area contributed by atoms with Crippen molar-refractivity contribution < 1.29 is 18.6 Å². The first kappa shape index (κ1) is 14.4. The van der Waals surface area contributed by atoms with Gasteiger partial charge in [0.2, 0.25) is 0 Å². The maximum Gasteiger partial charge on any atom is 0.351 e. The maximum absolute atomic E-state index is 13.8. The highest BCUT2D eigenvalue weighted by Crippen LogP contribution is 2.35. The van der Waals surface area contributed by atoms with Crippen LogP contribution >= 0.6 is 0 Å². The Hall–Kier alpha value is -2.06. The third-order valence-electron chi connectivity index (χ3n) is 3.02. The lowest BCUT2D eigenvalue weighted by molar-refractivity contribution is -0.0322. The molecule has 0 aromatic carbocycles. The fourth-order valence-electron chi connectivity index (χ4n) is 1.96. The van der Waals surface area contributed by atoms with Crippen LogP contribution in [0.25, 0.3) is 6.08 Å². The van der Waals surface area contributed by atoms with E-state index in [1.54, 1.807) is 0 Å². The van der Waals surface area contributed by atoms with Gasteiger partial charge in [-0.2, -0.15) is 4.98 Å². The predicted octanol–water partition coefficient (Wildman–Crippen LogP) is 0.550. The molecule has 1 saturated heterocycles. The molecule has 0 aliphatic carbocycles. The molecular formula is C12H13F2N3O3. The van der Waals surface area contributed by atoms with Gasteiger partial charge in [0, 0.05) is 17.3 Å². The van der Waals surface area contributed by atoms with Gasteiger partial charge in [-0.05, 0) is 0 Å². The van der Waals surface area contributed by atoms with Gasteiger partial charge >= 0.3 is 5.69 Å². The minimum atomic E-state index is -1.84. The van der Waals surface area contributed by atoms with E-state index >= 15 is 0 Å². The van der Waals surface area contributed by atoms with E-state index in [2.05, 4.69) is 11.6 Å². The summed E-state index contributed by atoms with van der Waals surface area (Å²) in [5, 5.41) is 8.97. The minimum absolute atomic E-state index is 0.0291. The number of nitrogens with zero attached hydrogens (tertiary/aromatic N) is 2. The van der Waals surface area contributed by atoms with E-state index in [0.717, 1.165) is 4.57 Å². The minimum Gasteiger partial charge on any atom is -0.394 e. The zero-order chi connectivity index (χ0) is 14.9. The molecule has 0 radical (unpaired) electrons. The fourth-order valence-corrected chi connectivity index (χ4v) is 1.96. The standard InChI is InChI=1S/C12H13F2N3O3/c1-2-6-4-17(12(19)16-10(6)15)11-7(3-13)9(14)8(5-18)20-11/h2-4,8-9,11,18H,1,5H2,(H2,15,16,19)/b7-3+. The van der Waals surface area contributed by atoms with Crippen molar-refractivity contribution in [1.29, 1.82) is 0 Å². The van der Waals surface area contributed by atoms with E-state index in [4.69, 9.17) is 15.6 Å². The number of nitrogens with two attached hydrogens (primary N) is 1. The average molecular weight is 285 g/mol. The van der Waals surface area contributed by atoms with Crippen LogP contribution in [-0.2, 0) is 4.74 Å². The van der Waals surface area contributed by atoms with E-state index in [9.17, 15) is 13.6 Å². The van der Waals surface area contributed by atoms with E-state index < -0.39 is 36.4 Å². The van der Waals surface area contributed by atoms with Crippen molar-refractivity contribution in [1.82, 2.24) is 9.55 Å². The molecule has 3 atom stereocenters. The van der Waals surface area contributed by atoms with E-state index in [1.807, 2.05) is 0 Å². The van der Waals surface area contributed by atoms with Crippen LogP contribution in [0.3, 0.4) is 0 Å². The topological polar surface area (TPSA) is 90.4 Å². The summed E-state index contributed by atoms with van der Waals surface area (Å²) < 4.78 is 32.7. The van der Waals surface area contributed by atoms with Crippen molar-refractivity contribution in [2.45, 2.75) is 18.5 Å². The Morgan fingerprint density at radius 2 is 2.35 bits per heavy atom. The Morgan fingerprint density at radius 3 is 2.90 bits per heavy atom. The van der Waals surface area contributed by atoms with Gasteiger partial charge in [0.15, 0.2) is 12.4 Å². The summed E-state index contributed by atoms with van der Waals surface area (Å²) in [6.45, 7) is 2.86. The molecule has 2 rings (SSSR count). The van der Waals surface area contributed by atoms with Crippen molar-refractivity contribution in [3.05, 3.63) is 40.7 Å². The summed E-state index contributed by atoms with van der Waals surface area (Å²) in [7, 11) is 0. The molecule has 0 bridgehead atoms. The Labute approximate surface area is 112 Å². The molecule has 6 nitrogen and oxygen atoms in total. The first-order chi connectivity index (χ1) is 9.53. The molecule has 1 aliphatic heterocycles. The van der Waals surface area contributed by atoms with Gasteiger partial charge < -0.3 is 15.6 Å². The van der Waals surface area contributed by atoms with Gasteiger partial charge in [0.25, 0.3) is 0 Å². The highest BCUT2D eigenvalue weighted by Gasteiger charge is 2.41. The van der Waals surface area contributed by atoms with Crippen LogP contribution in [0.15, 0.2) is 29.5 Å². The third-order valence-corrected chi connectivity index (χ3v) is 3.02. The molecule has 8 heteroatoms. The molecule has 3 unspecified atom stereocenters. The van der Waals surface area contributed by atoms with Crippen molar-refractivity contribution in [3.63, 3.8) is 0 Å². The van der Waals surface area contributed by atoms with E-state index in [-0.39, 0.29) is 12.1 Å². The number of rotatable bonds is 3. The summed E-state index contributed by atoms with van der Waals surface area (Å²) in [4.78, 5) is 15.3. The largest absolute Gasteiger partial charge is 0.394 e. The van der Waals surface area contributed by atoms with Gasteiger partial charge in [0.05, 0.1) is 12.9 Å². The van der Waals surface area contributed by atoms with Crippen LogP contribution in [0.1, 0.15) is 11.8 Å². The van der Waals surface area contributed by atoms with E-state index in [0.29, 0.717) is 5.56 Å². The van der Waals surface area contributed by atoms with Gasteiger partial charge in [-0.15, -0.1) is 0 Å². The van der Waals surface area contributed by atoms with Crippen molar-refractivity contribution in [3.8, 4) is 0 Å². The van der Waals surface area contributed by atoms with Gasteiger partial charge in [-0.1, -0.05) is 12.7 Å². The number of aromatic nitrogens is 2. The van der Waals surface area contributed by atoms with Crippen LogP contribution in [0, 0.1) is 0 Å². The van der Waals surface area contributed by atoms with Gasteiger partial charge in [-0.3, -0.25) is 4.57 Å². The van der Waals surface area contributed by atoms with Crippen molar-refractivity contribution >= 4 is 11.9 Å². The Balaban J connectivity index is 2.51. The lowest BCUT2D eigenvalue weighted by atomic mass is 10.1. The third kappa shape index (κ3) is 2.23. The quantitative estimate of drug-likeness (QED) is 0.846. The highest BCUT2D eigenvalue weighted by atomic mass is 19.1. The summed E-state index contributed by atoms with van der Waals surface area (Å²) >= 11 is 0.